The van der Waals surface area contributed by atoms with Crippen LogP contribution in [0.1, 0.15) is 71.1 Å². The van der Waals surface area contributed by atoms with Crippen LogP contribution in [0, 0.1) is 0 Å². The van der Waals surface area contributed by atoms with Gasteiger partial charge in [0.2, 0.25) is 0 Å². The average Bonchev–Trinajstić information content (AvgIpc) is 2.76. The van der Waals surface area contributed by atoms with E-state index in [0.29, 0.717) is 0 Å². The highest BCUT2D eigenvalue weighted by molar-refractivity contribution is 5.69. The molecule has 1 aliphatic rings. The second kappa shape index (κ2) is 17.1. The minimum absolute atomic E-state index is 0.274. The molecule has 0 unspecified atom stereocenters. The summed E-state index contributed by atoms with van der Waals surface area (Å²) in [5, 5.41) is 38.3. The van der Waals surface area contributed by atoms with Crippen molar-refractivity contribution in [2.45, 2.75) is 102 Å². The molecule has 1 rings (SSSR count). The highest BCUT2D eigenvalue weighted by atomic mass is 16.6. The third-order valence-corrected chi connectivity index (χ3v) is 5.13. The first-order valence-electron chi connectivity index (χ1n) is 11.5. The van der Waals surface area contributed by atoms with E-state index in [0.717, 1.165) is 57.8 Å². The topological polar surface area (TPSA) is 116 Å². The van der Waals surface area contributed by atoms with Crippen molar-refractivity contribution in [2.24, 2.45) is 0 Å². The Bertz CT molecular complexity index is 558. The molecule has 0 amide bonds. The van der Waals surface area contributed by atoms with E-state index in [1.54, 1.807) is 0 Å². The molecule has 0 radical (unpaired) electrons. The molecule has 0 aromatic rings. The minimum atomic E-state index is -1.62. The average molecular weight is 441 g/mol. The van der Waals surface area contributed by atoms with E-state index < -0.39 is 36.7 Å². The number of hydrogen-bond acceptors (Lipinski definition) is 7. The molecule has 4 N–H and O–H groups in total. The van der Waals surface area contributed by atoms with E-state index in [4.69, 9.17) is 9.47 Å². The summed E-state index contributed by atoms with van der Waals surface area (Å²) in [4.78, 5) is 11.8. The molecule has 1 aliphatic heterocycles. The third kappa shape index (κ3) is 12.2. The van der Waals surface area contributed by atoms with Crippen LogP contribution in [-0.4, -0.2) is 63.7 Å². The summed E-state index contributed by atoms with van der Waals surface area (Å²) in [5.74, 6) is -0.410. The second-order valence-electron chi connectivity index (χ2n) is 7.82. The van der Waals surface area contributed by atoms with Crippen LogP contribution >= 0.6 is 0 Å². The number of hydrogen-bond donors (Lipinski definition) is 4. The predicted molar refractivity (Wildman–Crippen MR) is 119 cm³/mol. The molecule has 0 bridgehead atoms. The van der Waals surface area contributed by atoms with Crippen LogP contribution < -0.4 is 0 Å². The van der Waals surface area contributed by atoms with Gasteiger partial charge in [0.05, 0.1) is 0 Å². The SMILES string of the molecule is CC/C=C\C/C=C\C/C=C\CCCCCCCC(=O)OC[C@H]1O[C@@H](O)[C@H](O)[C@@H](O)[C@@H]1O. The van der Waals surface area contributed by atoms with Crippen LogP contribution in [0.3, 0.4) is 0 Å². The molecule has 31 heavy (non-hydrogen) atoms. The number of rotatable bonds is 15. The zero-order chi connectivity index (χ0) is 22.9. The standard InChI is InChI=1S/C24H40O7/c1-2-3-4-5-6-7-8-9-10-11-12-13-14-15-16-17-20(25)30-18-19-21(26)22(27)23(28)24(29)31-19/h3-4,6-7,9-10,19,21-24,26-29H,2,5,8,11-18H2,1H3/b4-3-,7-6-,10-9-/t19-,21-,22+,23-,24-/m1/s1. The Morgan fingerprint density at radius 2 is 1.42 bits per heavy atom. The van der Waals surface area contributed by atoms with E-state index in [2.05, 4.69) is 43.4 Å². The fraction of sp³-hybridized carbons (Fsp3) is 0.708. The summed E-state index contributed by atoms with van der Waals surface area (Å²) < 4.78 is 10.0. The zero-order valence-corrected chi connectivity index (χ0v) is 18.6. The Balaban J connectivity index is 1.98. The summed E-state index contributed by atoms with van der Waals surface area (Å²) in [6.45, 7) is 1.85. The van der Waals surface area contributed by atoms with E-state index in [-0.39, 0.29) is 13.0 Å². The molecule has 7 heteroatoms. The Kier molecular flexibility index (Phi) is 15.2. The molecule has 0 aliphatic carbocycles. The second-order valence-corrected chi connectivity index (χ2v) is 7.82. The largest absolute Gasteiger partial charge is 0.463 e. The Hall–Kier alpha value is -1.51. The van der Waals surface area contributed by atoms with Gasteiger partial charge in [-0.25, -0.2) is 0 Å². The van der Waals surface area contributed by atoms with Crippen molar-refractivity contribution in [2.75, 3.05) is 6.61 Å². The maximum atomic E-state index is 11.8. The molecule has 0 spiro atoms. The van der Waals surface area contributed by atoms with E-state index >= 15 is 0 Å². The summed E-state index contributed by atoms with van der Waals surface area (Å²) in [7, 11) is 0. The van der Waals surface area contributed by atoms with Gasteiger partial charge in [0.25, 0.3) is 0 Å². The lowest BCUT2D eigenvalue weighted by Crippen LogP contribution is -2.58. The van der Waals surface area contributed by atoms with Gasteiger partial charge in [0.1, 0.15) is 31.0 Å². The van der Waals surface area contributed by atoms with Crippen LogP contribution in [0.5, 0.6) is 0 Å². The Morgan fingerprint density at radius 1 is 0.806 bits per heavy atom. The number of ether oxygens (including phenoxy) is 2. The van der Waals surface area contributed by atoms with Crippen LogP contribution in [0.25, 0.3) is 0 Å². The van der Waals surface area contributed by atoms with E-state index in [1.807, 2.05) is 0 Å². The Morgan fingerprint density at radius 3 is 2.13 bits per heavy atom. The maximum absolute atomic E-state index is 11.8. The van der Waals surface area contributed by atoms with Gasteiger partial charge >= 0.3 is 5.97 Å². The van der Waals surface area contributed by atoms with Crippen molar-refractivity contribution >= 4 is 5.97 Å². The maximum Gasteiger partial charge on any atom is 0.305 e. The molecule has 0 saturated carbocycles. The highest BCUT2D eigenvalue weighted by Crippen LogP contribution is 2.20. The van der Waals surface area contributed by atoms with Crippen molar-refractivity contribution in [3.8, 4) is 0 Å². The number of aliphatic hydroxyl groups is 4. The van der Waals surface area contributed by atoms with Gasteiger partial charge in [-0.15, -0.1) is 0 Å². The molecule has 1 fully saturated rings. The van der Waals surface area contributed by atoms with E-state index in [9.17, 15) is 25.2 Å². The molecule has 0 aromatic heterocycles. The predicted octanol–water partition coefficient (Wildman–Crippen LogP) is 2.92. The quantitative estimate of drug-likeness (QED) is 0.176. The number of allylic oxidation sites excluding steroid dienone is 6. The van der Waals surface area contributed by atoms with Gasteiger partial charge in [-0.05, 0) is 38.5 Å². The van der Waals surface area contributed by atoms with Gasteiger partial charge in [0, 0.05) is 6.42 Å². The molecule has 1 heterocycles. The van der Waals surface area contributed by atoms with Gasteiger partial charge in [0.15, 0.2) is 6.29 Å². The van der Waals surface area contributed by atoms with Gasteiger partial charge < -0.3 is 29.9 Å². The molecule has 5 atom stereocenters. The number of carbonyl (C=O) groups excluding carboxylic acids is 1. The van der Waals surface area contributed by atoms with Crippen molar-refractivity contribution < 1.29 is 34.7 Å². The lowest BCUT2D eigenvalue weighted by Gasteiger charge is -2.37. The number of esters is 1. The molecular formula is C24H40O7. The molecule has 7 nitrogen and oxygen atoms in total. The highest BCUT2D eigenvalue weighted by Gasteiger charge is 2.43. The lowest BCUT2D eigenvalue weighted by atomic mass is 9.99. The van der Waals surface area contributed by atoms with E-state index in [1.165, 1.54) is 0 Å². The monoisotopic (exact) mass is 440 g/mol. The molecular weight excluding hydrogens is 400 g/mol. The summed E-state index contributed by atoms with van der Waals surface area (Å²) in [6.07, 6.45) is 15.3. The first kappa shape index (κ1) is 27.5. The zero-order valence-electron chi connectivity index (χ0n) is 18.6. The molecule has 0 aromatic carbocycles. The number of aliphatic hydroxyl groups excluding tert-OH is 4. The normalized spacial score (nSPS) is 26.9. The summed E-state index contributed by atoms with van der Waals surface area (Å²) in [6, 6.07) is 0. The van der Waals surface area contributed by atoms with Gasteiger partial charge in [-0.2, -0.15) is 0 Å². The third-order valence-electron chi connectivity index (χ3n) is 5.13. The first-order chi connectivity index (χ1) is 15.0. The fourth-order valence-electron chi connectivity index (χ4n) is 3.20. The summed E-state index contributed by atoms with van der Waals surface area (Å²) in [5.41, 5.74) is 0. The van der Waals surface area contributed by atoms with Crippen LogP contribution in [0.2, 0.25) is 0 Å². The van der Waals surface area contributed by atoms with Crippen LogP contribution in [0.4, 0.5) is 0 Å². The van der Waals surface area contributed by atoms with Crippen molar-refractivity contribution in [1.82, 2.24) is 0 Å². The van der Waals surface area contributed by atoms with Crippen LogP contribution in [0.15, 0.2) is 36.5 Å². The smallest absolute Gasteiger partial charge is 0.305 e. The molecule has 1 saturated heterocycles. The lowest BCUT2D eigenvalue weighted by molar-refractivity contribution is -0.287. The van der Waals surface area contributed by atoms with Gasteiger partial charge in [-0.3, -0.25) is 4.79 Å². The first-order valence-corrected chi connectivity index (χ1v) is 11.5. The summed E-state index contributed by atoms with van der Waals surface area (Å²) >= 11 is 0. The van der Waals surface area contributed by atoms with Crippen molar-refractivity contribution in [1.29, 1.82) is 0 Å². The van der Waals surface area contributed by atoms with Crippen molar-refractivity contribution in [3.63, 3.8) is 0 Å². The fourth-order valence-corrected chi connectivity index (χ4v) is 3.20. The van der Waals surface area contributed by atoms with Crippen LogP contribution in [-0.2, 0) is 14.3 Å². The minimum Gasteiger partial charge on any atom is -0.463 e. The number of unbranched alkanes of at least 4 members (excludes halogenated alkanes) is 5. The van der Waals surface area contributed by atoms with Crippen molar-refractivity contribution in [3.05, 3.63) is 36.5 Å². The number of carbonyl (C=O) groups is 1. The Labute approximate surface area is 186 Å². The van der Waals surface area contributed by atoms with Gasteiger partial charge in [-0.1, -0.05) is 62.6 Å². The molecule has 178 valence electrons.